The van der Waals surface area contributed by atoms with Gasteiger partial charge in [0, 0.05) is 23.4 Å². The van der Waals surface area contributed by atoms with Crippen molar-refractivity contribution in [2.24, 2.45) is 0 Å². The molecule has 0 heterocycles. The molecule has 0 aliphatic heterocycles. The molecule has 144 valence electrons. The molecule has 2 N–H and O–H groups in total. The number of carbonyl (C=O) groups is 1. The molecule has 0 atom stereocenters. The van der Waals surface area contributed by atoms with Gasteiger partial charge >= 0.3 is 6.61 Å². The second-order valence-corrected chi connectivity index (χ2v) is 7.20. The van der Waals surface area contributed by atoms with Crippen molar-refractivity contribution in [1.29, 1.82) is 0 Å². The van der Waals surface area contributed by atoms with E-state index in [4.69, 9.17) is 0 Å². The van der Waals surface area contributed by atoms with Gasteiger partial charge in [-0.25, -0.2) is 13.1 Å². The monoisotopic (exact) mass is 396 g/mol. The average molecular weight is 396 g/mol. The van der Waals surface area contributed by atoms with Crippen molar-refractivity contribution in [1.82, 2.24) is 4.72 Å². The molecule has 0 saturated heterocycles. The van der Waals surface area contributed by atoms with Gasteiger partial charge in [0.2, 0.25) is 10.0 Å². The zero-order valence-corrected chi connectivity index (χ0v) is 15.2. The van der Waals surface area contributed by atoms with E-state index in [2.05, 4.69) is 21.4 Å². The van der Waals surface area contributed by atoms with Gasteiger partial charge in [0.1, 0.15) is 5.75 Å². The van der Waals surface area contributed by atoms with Gasteiger partial charge in [-0.1, -0.05) is 18.2 Å². The molecular weight excluding hydrogens is 378 g/mol. The SMILES string of the molecule is C=CCNS(=O)(=O)c1cccc(C(=O)Nc2cccc(OC(F)F)c2C)c1. The topological polar surface area (TPSA) is 84.5 Å². The number of halogens is 2. The van der Waals surface area contributed by atoms with Crippen LogP contribution in [0.2, 0.25) is 0 Å². The van der Waals surface area contributed by atoms with Gasteiger partial charge in [-0.15, -0.1) is 6.58 Å². The fraction of sp³-hybridized carbons (Fsp3) is 0.167. The molecule has 0 spiro atoms. The standard InChI is InChI=1S/C18H18F2N2O4S/c1-3-10-21-27(24,25)14-7-4-6-13(11-14)17(23)22-15-8-5-9-16(12(15)2)26-18(19)20/h3-9,11,18,21H,1,10H2,2H3,(H,22,23). The Hall–Kier alpha value is -2.78. The molecule has 0 saturated carbocycles. The molecule has 2 aromatic carbocycles. The third-order valence-electron chi connectivity index (χ3n) is 3.57. The fourth-order valence-electron chi connectivity index (χ4n) is 2.22. The third-order valence-corrected chi connectivity index (χ3v) is 4.99. The highest BCUT2D eigenvalue weighted by Crippen LogP contribution is 2.27. The number of anilines is 1. The molecule has 0 aromatic heterocycles. The van der Waals surface area contributed by atoms with Gasteiger partial charge < -0.3 is 10.1 Å². The van der Waals surface area contributed by atoms with Crippen LogP contribution < -0.4 is 14.8 Å². The summed E-state index contributed by atoms with van der Waals surface area (Å²) < 4.78 is 55.9. The van der Waals surface area contributed by atoms with E-state index in [9.17, 15) is 22.0 Å². The molecule has 0 bridgehead atoms. The number of amides is 1. The Morgan fingerprint density at radius 1 is 1.26 bits per heavy atom. The largest absolute Gasteiger partial charge is 0.434 e. The second kappa shape index (κ2) is 8.74. The minimum Gasteiger partial charge on any atom is -0.434 e. The predicted octanol–water partition coefficient (Wildman–Crippen LogP) is 3.31. The van der Waals surface area contributed by atoms with Crippen LogP contribution >= 0.6 is 0 Å². The van der Waals surface area contributed by atoms with Crippen molar-refractivity contribution in [2.45, 2.75) is 18.4 Å². The van der Waals surface area contributed by atoms with Gasteiger partial charge in [0.25, 0.3) is 5.91 Å². The second-order valence-electron chi connectivity index (χ2n) is 5.43. The lowest BCUT2D eigenvalue weighted by Gasteiger charge is -2.13. The summed E-state index contributed by atoms with van der Waals surface area (Å²) in [6.45, 7) is 2.02. The van der Waals surface area contributed by atoms with Crippen LogP contribution in [0.25, 0.3) is 0 Å². The maximum Gasteiger partial charge on any atom is 0.387 e. The number of hydrogen-bond acceptors (Lipinski definition) is 4. The Morgan fingerprint density at radius 3 is 2.63 bits per heavy atom. The van der Waals surface area contributed by atoms with Crippen LogP contribution in [0.3, 0.4) is 0 Å². The molecular formula is C18H18F2N2O4S. The number of ether oxygens (including phenoxy) is 1. The number of alkyl halides is 2. The maximum atomic E-state index is 12.5. The van der Waals surface area contributed by atoms with E-state index in [1.165, 1.54) is 55.5 Å². The lowest BCUT2D eigenvalue weighted by atomic mass is 10.1. The van der Waals surface area contributed by atoms with Gasteiger partial charge in [0.05, 0.1) is 4.90 Å². The van der Waals surface area contributed by atoms with Crippen LogP contribution in [0, 0.1) is 6.92 Å². The van der Waals surface area contributed by atoms with Crippen molar-refractivity contribution in [2.75, 3.05) is 11.9 Å². The highest BCUT2D eigenvalue weighted by molar-refractivity contribution is 7.89. The zero-order valence-electron chi connectivity index (χ0n) is 14.4. The summed E-state index contributed by atoms with van der Waals surface area (Å²) in [5.41, 5.74) is 0.690. The minimum atomic E-state index is -3.78. The number of hydrogen-bond donors (Lipinski definition) is 2. The molecule has 6 nitrogen and oxygen atoms in total. The Labute approximate surface area is 155 Å². The summed E-state index contributed by atoms with van der Waals surface area (Å²) in [6.07, 6.45) is 1.39. The lowest BCUT2D eigenvalue weighted by Crippen LogP contribution is -2.24. The van der Waals surface area contributed by atoms with Crippen molar-refractivity contribution in [3.8, 4) is 5.75 Å². The number of sulfonamides is 1. The summed E-state index contributed by atoms with van der Waals surface area (Å²) in [6, 6.07) is 9.78. The van der Waals surface area contributed by atoms with Crippen LogP contribution in [0.1, 0.15) is 15.9 Å². The lowest BCUT2D eigenvalue weighted by molar-refractivity contribution is -0.0502. The highest BCUT2D eigenvalue weighted by atomic mass is 32.2. The van der Waals surface area contributed by atoms with E-state index in [0.717, 1.165) is 0 Å². The molecule has 2 aromatic rings. The molecule has 0 aliphatic rings. The first-order chi connectivity index (χ1) is 12.7. The van der Waals surface area contributed by atoms with Gasteiger partial charge in [-0.05, 0) is 37.3 Å². The van der Waals surface area contributed by atoms with Crippen molar-refractivity contribution in [3.05, 3.63) is 66.2 Å². The summed E-state index contributed by atoms with van der Waals surface area (Å²) in [4.78, 5) is 12.4. The molecule has 0 aliphatic carbocycles. The Bertz CT molecular complexity index is 946. The normalized spacial score (nSPS) is 11.3. The van der Waals surface area contributed by atoms with E-state index in [1.807, 2.05) is 0 Å². The summed E-state index contributed by atoms with van der Waals surface area (Å²) in [5, 5.41) is 2.57. The highest BCUT2D eigenvalue weighted by Gasteiger charge is 2.17. The van der Waals surface area contributed by atoms with E-state index in [0.29, 0.717) is 5.56 Å². The van der Waals surface area contributed by atoms with Crippen molar-refractivity contribution < 1.29 is 26.7 Å². The Kier molecular flexibility index (Phi) is 6.65. The molecule has 0 radical (unpaired) electrons. The Balaban J connectivity index is 2.25. The first kappa shape index (κ1) is 20.5. The molecule has 0 fully saturated rings. The maximum absolute atomic E-state index is 12.5. The van der Waals surface area contributed by atoms with E-state index < -0.39 is 22.5 Å². The first-order valence-corrected chi connectivity index (χ1v) is 9.29. The number of rotatable bonds is 8. The van der Waals surface area contributed by atoms with Crippen LogP contribution in [-0.2, 0) is 10.0 Å². The van der Waals surface area contributed by atoms with E-state index in [1.54, 1.807) is 0 Å². The zero-order chi connectivity index (χ0) is 20.0. The van der Waals surface area contributed by atoms with Crippen molar-refractivity contribution >= 4 is 21.6 Å². The Morgan fingerprint density at radius 2 is 1.96 bits per heavy atom. The smallest absolute Gasteiger partial charge is 0.387 e. The van der Waals surface area contributed by atoms with E-state index >= 15 is 0 Å². The number of nitrogens with one attached hydrogen (secondary N) is 2. The summed E-state index contributed by atoms with van der Waals surface area (Å²) >= 11 is 0. The van der Waals surface area contributed by atoms with Gasteiger partial charge in [-0.3, -0.25) is 4.79 Å². The molecule has 9 heteroatoms. The number of carbonyl (C=O) groups excluding carboxylic acids is 1. The van der Waals surface area contributed by atoms with Crippen LogP contribution in [0.4, 0.5) is 14.5 Å². The minimum absolute atomic E-state index is 0.0505. The molecule has 1 amide bonds. The summed E-state index contributed by atoms with van der Waals surface area (Å²) in [7, 11) is -3.78. The molecule has 27 heavy (non-hydrogen) atoms. The van der Waals surface area contributed by atoms with E-state index in [-0.39, 0.29) is 28.4 Å². The van der Waals surface area contributed by atoms with Crippen LogP contribution in [0.5, 0.6) is 5.75 Å². The fourth-order valence-corrected chi connectivity index (χ4v) is 3.27. The molecule has 2 rings (SSSR count). The first-order valence-electron chi connectivity index (χ1n) is 7.81. The third kappa shape index (κ3) is 5.35. The van der Waals surface area contributed by atoms with Crippen LogP contribution in [-0.4, -0.2) is 27.5 Å². The summed E-state index contributed by atoms with van der Waals surface area (Å²) in [5.74, 6) is -0.652. The van der Waals surface area contributed by atoms with Gasteiger partial charge in [-0.2, -0.15) is 8.78 Å². The quantitative estimate of drug-likeness (QED) is 0.671. The van der Waals surface area contributed by atoms with Gasteiger partial charge in [0.15, 0.2) is 0 Å². The predicted molar refractivity (Wildman–Crippen MR) is 97.6 cm³/mol. The average Bonchev–Trinajstić information content (AvgIpc) is 2.63. The van der Waals surface area contributed by atoms with Crippen LogP contribution in [0.15, 0.2) is 60.0 Å². The number of benzene rings is 2. The van der Waals surface area contributed by atoms with Crippen molar-refractivity contribution in [3.63, 3.8) is 0 Å². The molecule has 0 unspecified atom stereocenters.